The summed E-state index contributed by atoms with van der Waals surface area (Å²) in [6.07, 6.45) is 1.40. The smallest absolute Gasteiger partial charge is 0.211 e. The fraction of sp³-hybridized carbons (Fsp3) is 0.143. The Kier molecular flexibility index (Phi) is 4.03. The number of nitrogens with zero attached hydrogens (tertiary/aromatic N) is 1. The fourth-order valence-corrected chi connectivity index (χ4v) is 1.84. The molecule has 1 aliphatic heterocycles. The first-order valence-corrected chi connectivity index (χ1v) is 6.04. The van der Waals surface area contributed by atoms with Crippen LogP contribution in [-0.2, 0) is 0 Å². The molecule has 5 N–H and O–H groups in total. The second-order valence-electron chi connectivity index (χ2n) is 4.15. The van der Waals surface area contributed by atoms with Gasteiger partial charge in [-0.25, -0.2) is 0 Å². The number of carbonyl (C=O) groups is 1. The van der Waals surface area contributed by atoms with E-state index in [1.54, 1.807) is 18.2 Å². The zero-order valence-electron chi connectivity index (χ0n) is 10.7. The maximum Gasteiger partial charge on any atom is 0.211 e. The first-order chi connectivity index (χ1) is 9.67. The van der Waals surface area contributed by atoms with Gasteiger partial charge in [-0.15, -0.1) is 0 Å². The van der Waals surface area contributed by atoms with Gasteiger partial charge in [-0.3, -0.25) is 4.79 Å². The van der Waals surface area contributed by atoms with Crippen LogP contribution in [0.1, 0.15) is 10.4 Å². The Bertz CT molecular complexity index is 641. The van der Waals surface area contributed by atoms with E-state index >= 15 is 0 Å². The molecule has 1 aliphatic rings. The highest BCUT2D eigenvalue weighted by molar-refractivity contribution is 6.18. The second-order valence-corrected chi connectivity index (χ2v) is 4.15. The van der Waals surface area contributed by atoms with Crippen molar-refractivity contribution in [2.45, 2.75) is 0 Å². The quantitative estimate of drug-likeness (QED) is 0.467. The lowest BCUT2D eigenvalue weighted by Crippen LogP contribution is -2.24. The second kappa shape index (κ2) is 5.91. The number of nitriles is 1. The van der Waals surface area contributed by atoms with Crippen LogP contribution in [0.15, 0.2) is 47.4 Å². The van der Waals surface area contributed by atoms with Gasteiger partial charge in [0.05, 0.1) is 17.9 Å². The molecule has 0 spiro atoms. The van der Waals surface area contributed by atoms with Crippen LogP contribution >= 0.6 is 0 Å². The van der Waals surface area contributed by atoms with E-state index < -0.39 is 0 Å². The Labute approximate surface area is 116 Å². The Morgan fingerprint density at radius 3 is 2.90 bits per heavy atom. The molecule has 2 rings (SSSR count). The zero-order valence-corrected chi connectivity index (χ0v) is 10.7. The first kappa shape index (κ1) is 13.6. The monoisotopic (exact) mass is 270 g/mol. The van der Waals surface area contributed by atoms with E-state index in [0.29, 0.717) is 16.9 Å². The number of Topliss-reactive ketones (excluding diaryl/α,β-unsaturated/α-hetero) is 1. The molecule has 1 heterocycles. The standard InChI is InChI=1S/C14H14N4O2/c15-8-9(14(16)17-5-6-19)7-12-13(20)10-3-1-2-4-11(10)18-12/h1-4,7,17-19H,5-6,16H2/b12-7+,14-9+. The highest BCUT2D eigenvalue weighted by atomic mass is 16.3. The van der Waals surface area contributed by atoms with Crippen molar-refractivity contribution in [2.24, 2.45) is 5.73 Å². The van der Waals surface area contributed by atoms with Gasteiger partial charge in [0, 0.05) is 17.8 Å². The largest absolute Gasteiger partial charge is 0.395 e. The van der Waals surface area contributed by atoms with Crippen LogP contribution in [0.2, 0.25) is 0 Å². The number of hydrogen-bond acceptors (Lipinski definition) is 6. The molecule has 0 aliphatic carbocycles. The molecule has 0 bridgehead atoms. The summed E-state index contributed by atoms with van der Waals surface area (Å²) < 4.78 is 0. The molecular formula is C14H14N4O2. The molecule has 0 amide bonds. The first-order valence-electron chi connectivity index (χ1n) is 6.04. The molecule has 0 atom stereocenters. The van der Waals surface area contributed by atoms with Gasteiger partial charge in [0.1, 0.15) is 11.9 Å². The van der Waals surface area contributed by atoms with Gasteiger partial charge in [0.25, 0.3) is 0 Å². The van der Waals surface area contributed by atoms with Crippen molar-refractivity contribution in [3.05, 3.63) is 53.0 Å². The van der Waals surface area contributed by atoms with E-state index in [-0.39, 0.29) is 30.3 Å². The highest BCUT2D eigenvalue weighted by Gasteiger charge is 2.24. The molecule has 6 heteroatoms. The fourth-order valence-electron chi connectivity index (χ4n) is 1.84. The summed E-state index contributed by atoms with van der Waals surface area (Å²) in [6, 6.07) is 9.03. The number of aliphatic hydroxyl groups is 1. The Balaban J connectivity index is 2.29. The van der Waals surface area contributed by atoms with Gasteiger partial charge in [0.15, 0.2) is 0 Å². The van der Waals surface area contributed by atoms with Gasteiger partial charge < -0.3 is 21.5 Å². The number of rotatable bonds is 4. The van der Waals surface area contributed by atoms with Crippen molar-refractivity contribution < 1.29 is 9.90 Å². The number of aliphatic hydroxyl groups excluding tert-OH is 1. The number of nitrogens with one attached hydrogen (secondary N) is 2. The van der Waals surface area contributed by atoms with Gasteiger partial charge in [-0.2, -0.15) is 5.26 Å². The Morgan fingerprint density at radius 1 is 1.50 bits per heavy atom. The Hall–Kier alpha value is -2.78. The Morgan fingerprint density at radius 2 is 2.25 bits per heavy atom. The summed E-state index contributed by atoms with van der Waals surface area (Å²) in [4.78, 5) is 12.1. The van der Waals surface area contributed by atoms with Gasteiger partial charge in [0.2, 0.25) is 5.78 Å². The average Bonchev–Trinajstić information content (AvgIpc) is 2.79. The predicted octanol–water partition coefficient (Wildman–Crippen LogP) is 0.454. The van der Waals surface area contributed by atoms with Crippen LogP contribution < -0.4 is 16.4 Å². The lowest BCUT2D eigenvalue weighted by molar-refractivity contribution is 0.104. The summed E-state index contributed by atoms with van der Waals surface area (Å²) in [5.41, 5.74) is 7.42. The molecule has 0 aromatic heterocycles. The number of benzene rings is 1. The predicted molar refractivity (Wildman–Crippen MR) is 74.4 cm³/mol. The molecular weight excluding hydrogens is 256 g/mol. The minimum Gasteiger partial charge on any atom is -0.395 e. The van der Waals surface area contributed by atoms with Crippen LogP contribution in [-0.4, -0.2) is 24.0 Å². The van der Waals surface area contributed by atoms with E-state index in [4.69, 9.17) is 16.1 Å². The van der Waals surface area contributed by atoms with Crippen molar-refractivity contribution >= 4 is 11.5 Å². The molecule has 0 fully saturated rings. The van der Waals surface area contributed by atoms with Crippen molar-refractivity contribution in [1.29, 1.82) is 5.26 Å². The van der Waals surface area contributed by atoms with Gasteiger partial charge >= 0.3 is 0 Å². The number of carbonyl (C=O) groups excluding carboxylic acids is 1. The summed E-state index contributed by atoms with van der Waals surface area (Å²) >= 11 is 0. The topological polar surface area (TPSA) is 111 Å². The minimum absolute atomic E-state index is 0.0986. The van der Waals surface area contributed by atoms with Crippen LogP contribution in [0.5, 0.6) is 0 Å². The zero-order chi connectivity index (χ0) is 14.5. The number of anilines is 1. The number of hydrogen-bond donors (Lipinski definition) is 4. The highest BCUT2D eigenvalue weighted by Crippen LogP contribution is 2.27. The van der Waals surface area contributed by atoms with Gasteiger partial charge in [-0.05, 0) is 18.2 Å². The maximum atomic E-state index is 12.1. The van der Waals surface area contributed by atoms with Crippen LogP contribution in [0.25, 0.3) is 0 Å². The SMILES string of the molecule is N#CC(/C=C1/Nc2ccccc2C1=O)=C(\N)NCCO. The lowest BCUT2D eigenvalue weighted by atomic mass is 10.1. The van der Waals surface area contributed by atoms with E-state index in [9.17, 15) is 4.79 Å². The maximum absolute atomic E-state index is 12.1. The van der Waals surface area contributed by atoms with Crippen molar-refractivity contribution in [3.8, 4) is 6.07 Å². The summed E-state index contributed by atoms with van der Waals surface area (Å²) in [5.74, 6) is -0.0529. The van der Waals surface area contributed by atoms with Crippen molar-refractivity contribution in [3.63, 3.8) is 0 Å². The van der Waals surface area contributed by atoms with Crippen LogP contribution in [0.3, 0.4) is 0 Å². The van der Waals surface area contributed by atoms with Crippen molar-refractivity contribution in [2.75, 3.05) is 18.5 Å². The van der Waals surface area contributed by atoms with Crippen LogP contribution in [0, 0.1) is 11.3 Å². The number of fused-ring (bicyclic) bond motifs is 1. The number of para-hydroxylation sites is 1. The summed E-state index contributed by atoms with van der Waals surface area (Å²) in [5, 5.41) is 23.4. The molecule has 0 radical (unpaired) electrons. The molecule has 1 aromatic carbocycles. The molecule has 20 heavy (non-hydrogen) atoms. The molecule has 6 nitrogen and oxygen atoms in total. The normalized spacial score (nSPS) is 16.2. The van der Waals surface area contributed by atoms with E-state index in [0.717, 1.165) is 0 Å². The minimum atomic E-state index is -0.177. The van der Waals surface area contributed by atoms with Crippen molar-refractivity contribution in [1.82, 2.24) is 5.32 Å². The van der Waals surface area contributed by atoms with Gasteiger partial charge in [-0.1, -0.05) is 12.1 Å². The van der Waals surface area contributed by atoms with E-state index in [1.165, 1.54) is 6.08 Å². The third kappa shape index (κ3) is 2.63. The molecule has 102 valence electrons. The third-order valence-electron chi connectivity index (χ3n) is 2.81. The third-order valence-corrected chi connectivity index (χ3v) is 2.81. The lowest BCUT2D eigenvalue weighted by Gasteiger charge is -2.05. The number of ketones is 1. The summed E-state index contributed by atoms with van der Waals surface area (Å²) in [6.45, 7) is 0.139. The number of nitrogens with two attached hydrogens (primary N) is 1. The van der Waals surface area contributed by atoms with Crippen LogP contribution in [0.4, 0.5) is 5.69 Å². The molecule has 0 saturated carbocycles. The molecule has 1 aromatic rings. The van der Waals surface area contributed by atoms with E-state index in [2.05, 4.69) is 10.6 Å². The summed E-state index contributed by atoms with van der Waals surface area (Å²) in [7, 11) is 0. The molecule has 0 saturated heterocycles. The molecule has 0 unspecified atom stereocenters. The average molecular weight is 270 g/mol. The van der Waals surface area contributed by atoms with E-state index in [1.807, 2.05) is 12.1 Å². The number of allylic oxidation sites excluding steroid dienone is 3.